The second-order valence-corrected chi connectivity index (χ2v) is 5.65. The van der Waals surface area contributed by atoms with E-state index >= 15 is 0 Å². The summed E-state index contributed by atoms with van der Waals surface area (Å²) >= 11 is 3.61. The normalized spacial score (nSPS) is 28.2. The summed E-state index contributed by atoms with van der Waals surface area (Å²) in [7, 11) is 1.55. The van der Waals surface area contributed by atoms with Gasteiger partial charge in [0, 0.05) is 0 Å². The van der Waals surface area contributed by atoms with E-state index in [1.807, 2.05) is 26.0 Å². The third-order valence-corrected chi connectivity index (χ3v) is 4.10. The van der Waals surface area contributed by atoms with Crippen molar-refractivity contribution < 1.29 is 14.3 Å². The molecule has 2 unspecified atom stereocenters. The molecule has 0 saturated heterocycles. The predicted octanol–water partition coefficient (Wildman–Crippen LogP) is 2.86. The van der Waals surface area contributed by atoms with Crippen LogP contribution in [-0.2, 0) is 9.06 Å². The van der Waals surface area contributed by atoms with Gasteiger partial charge in [-0.15, -0.1) is 0 Å². The molecule has 1 heterocycles. The summed E-state index contributed by atoms with van der Waals surface area (Å²) in [4.78, 5) is 11.8. The van der Waals surface area contributed by atoms with Crippen LogP contribution in [-0.4, -0.2) is 19.2 Å². The standard InChI is InChI=1S/C12H13BrO3/c1-7-12(2,13)8-5-4-6-9(15-3)10(8)11(14)16-7/h4-7H,1-3H3. The molecular weight excluding hydrogens is 272 g/mol. The Kier molecular flexibility index (Phi) is 2.70. The lowest BCUT2D eigenvalue weighted by atomic mass is 9.88. The molecule has 1 aliphatic heterocycles. The highest BCUT2D eigenvalue weighted by Crippen LogP contribution is 2.44. The van der Waals surface area contributed by atoms with Crippen molar-refractivity contribution in [2.24, 2.45) is 0 Å². The monoisotopic (exact) mass is 284 g/mol. The smallest absolute Gasteiger partial charge is 0.342 e. The lowest BCUT2D eigenvalue weighted by Gasteiger charge is -2.36. The van der Waals surface area contributed by atoms with Crippen molar-refractivity contribution in [2.75, 3.05) is 7.11 Å². The molecule has 4 heteroatoms. The first kappa shape index (κ1) is 11.5. The van der Waals surface area contributed by atoms with Crippen molar-refractivity contribution in [3.8, 4) is 5.75 Å². The number of fused-ring (bicyclic) bond motifs is 1. The molecule has 0 radical (unpaired) electrons. The topological polar surface area (TPSA) is 35.5 Å². The molecule has 2 rings (SSSR count). The fourth-order valence-corrected chi connectivity index (χ4v) is 2.29. The zero-order valence-corrected chi connectivity index (χ0v) is 11.0. The van der Waals surface area contributed by atoms with Gasteiger partial charge in [-0.1, -0.05) is 28.1 Å². The molecule has 0 spiro atoms. The summed E-state index contributed by atoms with van der Waals surface area (Å²) in [5.41, 5.74) is 1.43. The maximum atomic E-state index is 11.8. The third-order valence-electron chi connectivity index (χ3n) is 3.02. The maximum absolute atomic E-state index is 11.8. The highest BCUT2D eigenvalue weighted by molar-refractivity contribution is 9.09. The molecule has 0 saturated carbocycles. The van der Waals surface area contributed by atoms with E-state index in [1.165, 1.54) is 0 Å². The summed E-state index contributed by atoms with van der Waals surface area (Å²) < 4.78 is 10.1. The number of rotatable bonds is 1. The Bertz CT molecular complexity index is 440. The van der Waals surface area contributed by atoms with Crippen LogP contribution in [0, 0.1) is 0 Å². The van der Waals surface area contributed by atoms with E-state index in [1.54, 1.807) is 13.2 Å². The molecule has 2 atom stereocenters. The lowest BCUT2D eigenvalue weighted by molar-refractivity contribution is 0.0204. The number of halogens is 1. The number of hydrogen-bond donors (Lipinski definition) is 0. The van der Waals surface area contributed by atoms with Gasteiger partial charge in [-0.3, -0.25) is 0 Å². The van der Waals surface area contributed by atoms with Crippen LogP contribution in [0.3, 0.4) is 0 Å². The summed E-state index contributed by atoms with van der Waals surface area (Å²) in [6.45, 7) is 3.86. The van der Waals surface area contributed by atoms with E-state index in [-0.39, 0.29) is 16.4 Å². The number of alkyl halides is 1. The van der Waals surface area contributed by atoms with E-state index in [0.29, 0.717) is 11.3 Å². The molecule has 3 nitrogen and oxygen atoms in total. The van der Waals surface area contributed by atoms with Gasteiger partial charge in [0.25, 0.3) is 0 Å². The zero-order valence-electron chi connectivity index (χ0n) is 9.41. The second-order valence-electron chi connectivity index (χ2n) is 4.01. The summed E-state index contributed by atoms with van der Waals surface area (Å²) in [5, 5.41) is 0. The van der Waals surface area contributed by atoms with Gasteiger partial charge in [-0.25, -0.2) is 4.79 Å². The molecule has 1 aromatic rings. The van der Waals surface area contributed by atoms with E-state index in [0.717, 1.165) is 5.56 Å². The van der Waals surface area contributed by atoms with Gasteiger partial charge in [-0.2, -0.15) is 0 Å². The average molecular weight is 285 g/mol. The van der Waals surface area contributed by atoms with E-state index < -0.39 is 0 Å². The Morgan fingerprint density at radius 1 is 1.50 bits per heavy atom. The van der Waals surface area contributed by atoms with E-state index in [2.05, 4.69) is 15.9 Å². The predicted molar refractivity (Wildman–Crippen MR) is 64.2 cm³/mol. The number of cyclic esters (lactones) is 1. The SMILES string of the molecule is COc1cccc2c1C(=O)OC(C)C2(C)Br. The summed E-state index contributed by atoms with van der Waals surface area (Å²) in [6.07, 6.45) is -0.209. The minimum atomic E-state index is -0.370. The zero-order chi connectivity index (χ0) is 11.9. The Balaban J connectivity index is 2.68. The van der Waals surface area contributed by atoms with Crippen molar-refractivity contribution in [1.29, 1.82) is 0 Å². The first-order valence-corrected chi connectivity index (χ1v) is 5.85. The van der Waals surface area contributed by atoms with Gasteiger partial charge in [0.05, 0.1) is 11.4 Å². The number of carbonyl (C=O) groups excluding carboxylic acids is 1. The molecule has 0 aromatic heterocycles. The van der Waals surface area contributed by atoms with Gasteiger partial charge in [0.1, 0.15) is 17.4 Å². The van der Waals surface area contributed by atoms with Crippen molar-refractivity contribution >= 4 is 21.9 Å². The minimum absolute atomic E-state index is 0.209. The first-order valence-electron chi connectivity index (χ1n) is 5.06. The maximum Gasteiger partial charge on any atom is 0.342 e. The number of ether oxygens (including phenoxy) is 2. The van der Waals surface area contributed by atoms with Gasteiger partial charge < -0.3 is 9.47 Å². The molecule has 0 aliphatic carbocycles. The third kappa shape index (κ3) is 1.52. The Hall–Kier alpha value is -1.03. The quantitative estimate of drug-likeness (QED) is 0.588. The van der Waals surface area contributed by atoms with Gasteiger partial charge >= 0.3 is 5.97 Å². The average Bonchev–Trinajstić information content (AvgIpc) is 2.26. The number of methoxy groups -OCH3 is 1. The molecule has 86 valence electrons. The molecular formula is C12H13BrO3. The molecule has 0 N–H and O–H groups in total. The number of benzene rings is 1. The Morgan fingerprint density at radius 2 is 2.19 bits per heavy atom. The van der Waals surface area contributed by atoms with Crippen molar-refractivity contribution in [3.63, 3.8) is 0 Å². The molecule has 0 amide bonds. The van der Waals surface area contributed by atoms with Crippen molar-refractivity contribution in [2.45, 2.75) is 24.3 Å². The fourth-order valence-electron chi connectivity index (χ4n) is 1.87. The molecule has 0 bridgehead atoms. The van der Waals surface area contributed by atoms with Crippen LogP contribution < -0.4 is 4.74 Å². The van der Waals surface area contributed by atoms with Gasteiger partial charge in [0.2, 0.25) is 0 Å². The number of esters is 1. The first-order chi connectivity index (χ1) is 7.48. The summed E-state index contributed by atoms with van der Waals surface area (Å²) in [5.74, 6) is 0.233. The highest BCUT2D eigenvalue weighted by Gasteiger charge is 2.42. The van der Waals surface area contributed by atoms with Crippen LogP contribution in [0.4, 0.5) is 0 Å². The van der Waals surface area contributed by atoms with Crippen LogP contribution in [0.2, 0.25) is 0 Å². The molecule has 1 aromatic carbocycles. The van der Waals surface area contributed by atoms with Crippen molar-refractivity contribution in [1.82, 2.24) is 0 Å². The largest absolute Gasteiger partial charge is 0.496 e. The van der Waals surface area contributed by atoms with Crippen LogP contribution in [0.5, 0.6) is 5.75 Å². The highest BCUT2D eigenvalue weighted by atomic mass is 79.9. The van der Waals surface area contributed by atoms with Crippen molar-refractivity contribution in [3.05, 3.63) is 29.3 Å². The van der Waals surface area contributed by atoms with Crippen LogP contribution in [0.15, 0.2) is 18.2 Å². The molecule has 1 aliphatic rings. The van der Waals surface area contributed by atoms with Crippen LogP contribution >= 0.6 is 15.9 Å². The lowest BCUT2D eigenvalue weighted by Crippen LogP contribution is -2.39. The Morgan fingerprint density at radius 3 is 2.81 bits per heavy atom. The fraction of sp³-hybridized carbons (Fsp3) is 0.417. The Labute approximate surface area is 103 Å². The number of carbonyl (C=O) groups is 1. The van der Waals surface area contributed by atoms with E-state index in [4.69, 9.17) is 9.47 Å². The van der Waals surface area contributed by atoms with Gasteiger partial charge in [-0.05, 0) is 25.5 Å². The van der Waals surface area contributed by atoms with Crippen LogP contribution in [0.25, 0.3) is 0 Å². The minimum Gasteiger partial charge on any atom is -0.496 e. The number of hydrogen-bond acceptors (Lipinski definition) is 3. The molecule has 0 fully saturated rings. The van der Waals surface area contributed by atoms with Gasteiger partial charge in [0.15, 0.2) is 0 Å². The summed E-state index contributed by atoms with van der Waals surface area (Å²) in [6, 6.07) is 5.56. The molecule has 16 heavy (non-hydrogen) atoms. The van der Waals surface area contributed by atoms with E-state index in [9.17, 15) is 4.79 Å². The second kappa shape index (κ2) is 3.77. The van der Waals surface area contributed by atoms with Crippen LogP contribution in [0.1, 0.15) is 29.8 Å².